The van der Waals surface area contributed by atoms with Crippen molar-refractivity contribution < 1.29 is 4.79 Å². The quantitative estimate of drug-likeness (QED) is 0.822. The summed E-state index contributed by atoms with van der Waals surface area (Å²) in [5.74, 6) is 0.254. The van der Waals surface area contributed by atoms with Gasteiger partial charge in [0.25, 0.3) is 5.91 Å². The summed E-state index contributed by atoms with van der Waals surface area (Å²) < 4.78 is 0.676. The molecule has 2 rings (SSSR count). The Hall–Kier alpha value is -1.12. The Morgan fingerprint density at radius 3 is 2.85 bits per heavy atom. The molecule has 0 aliphatic heterocycles. The molecule has 1 fully saturated rings. The van der Waals surface area contributed by atoms with E-state index in [1.165, 1.54) is 6.20 Å². The van der Waals surface area contributed by atoms with Crippen LogP contribution in [-0.4, -0.2) is 16.4 Å². The second kappa shape index (κ2) is 6.11. The fourth-order valence-corrected chi connectivity index (χ4v) is 2.91. The molecule has 0 atom stereocenters. The lowest BCUT2D eigenvalue weighted by Crippen LogP contribution is -2.49. The van der Waals surface area contributed by atoms with E-state index in [-0.39, 0.29) is 16.6 Å². The number of hydrogen-bond acceptors (Lipinski definition) is 3. The molecule has 20 heavy (non-hydrogen) atoms. The minimum atomic E-state index is -0.783. The minimum Gasteiger partial charge on any atom is -0.334 e. The molecule has 1 saturated carbocycles. The lowest BCUT2D eigenvalue weighted by atomic mass is 9.78. The zero-order valence-electron chi connectivity index (χ0n) is 11.1. The number of carbonyl (C=O) groups is 1. The molecule has 1 aromatic rings. The van der Waals surface area contributed by atoms with Crippen LogP contribution in [0.2, 0.25) is 5.15 Å². The van der Waals surface area contributed by atoms with Crippen LogP contribution < -0.4 is 5.32 Å². The molecule has 1 amide bonds. The molecular formula is C14H15BrClN3O. The Morgan fingerprint density at radius 1 is 1.60 bits per heavy atom. The maximum Gasteiger partial charge on any atom is 0.255 e. The number of nitrogens with one attached hydrogen (secondary N) is 1. The van der Waals surface area contributed by atoms with Gasteiger partial charge in [0.05, 0.1) is 11.6 Å². The predicted molar refractivity (Wildman–Crippen MR) is 80.4 cm³/mol. The summed E-state index contributed by atoms with van der Waals surface area (Å²) >= 11 is 9.21. The highest BCUT2D eigenvalue weighted by molar-refractivity contribution is 9.10. The largest absolute Gasteiger partial charge is 0.334 e. The summed E-state index contributed by atoms with van der Waals surface area (Å²) in [5, 5.41) is 12.4. The molecule has 1 aromatic heterocycles. The van der Waals surface area contributed by atoms with E-state index in [1.807, 2.05) is 0 Å². The molecular weight excluding hydrogens is 342 g/mol. The first-order chi connectivity index (χ1) is 9.46. The van der Waals surface area contributed by atoms with Crippen LogP contribution in [0, 0.1) is 17.2 Å². The van der Waals surface area contributed by atoms with Crippen molar-refractivity contribution >= 4 is 33.4 Å². The number of amides is 1. The van der Waals surface area contributed by atoms with Crippen LogP contribution in [0.15, 0.2) is 16.7 Å². The first-order valence-corrected chi connectivity index (χ1v) is 7.68. The third kappa shape index (κ3) is 3.31. The molecule has 0 unspecified atom stereocenters. The van der Waals surface area contributed by atoms with Gasteiger partial charge in [-0.15, -0.1) is 0 Å². The zero-order chi connectivity index (χ0) is 14.8. The number of rotatable bonds is 2. The van der Waals surface area contributed by atoms with Crippen molar-refractivity contribution in [3.8, 4) is 6.07 Å². The molecule has 0 aromatic carbocycles. The summed E-state index contributed by atoms with van der Waals surface area (Å²) in [4.78, 5) is 16.3. The molecule has 106 valence electrons. The Balaban J connectivity index is 2.18. The molecule has 1 aliphatic carbocycles. The average molecular weight is 357 g/mol. The molecule has 6 heteroatoms. The first kappa shape index (κ1) is 15.3. The number of nitriles is 1. The van der Waals surface area contributed by atoms with Crippen molar-refractivity contribution in [1.82, 2.24) is 10.3 Å². The van der Waals surface area contributed by atoms with Gasteiger partial charge in [0, 0.05) is 10.7 Å². The van der Waals surface area contributed by atoms with Crippen molar-refractivity contribution in [3.05, 3.63) is 27.5 Å². The van der Waals surface area contributed by atoms with Gasteiger partial charge in [-0.25, -0.2) is 4.98 Å². The summed E-state index contributed by atoms with van der Waals surface area (Å²) in [5.41, 5.74) is -0.496. The van der Waals surface area contributed by atoms with Gasteiger partial charge in [0.2, 0.25) is 0 Å². The van der Waals surface area contributed by atoms with E-state index in [0.717, 1.165) is 12.8 Å². The van der Waals surface area contributed by atoms with E-state index < -0.39 is 5.54 Å². The van der Waals surface area contributed by atoms with Crippen LogP contribution in [-0.2, 0) is 0 Å². The maximum atomic E-state index is 12.3. The van der Waals surface area contributed by atoms with E-state index in [2.05, 4.69) is 39.2 Å². The van der Waals surface area contributed by atoms with E-state index in [0.29, 0.717) is 23.2 Å². The second-order valence-electron chi connectivity index (χ2n) is 5.32. The molecule has 1 heterocycles. The Kier molecular flexibility index (Phi) is 4.66. The monoisotopic (exact) mass is 355 g/mol. The number of hydrogen-bond donors (Lipinski definition) is 1. The van der Waals surface area contributed by atoms with Crippen molar-refractivity contribution in [2.45, 2.75) is 38.1 Å². The van der Waals surface area contributed by atoms with Crippen molar-refractivity contribution in [1.29, 1.82) is 5.26 Å². The first-order valence-electron chi connectivity index (χ1n) is 6.50. The SMILES string of the molecule is CC1CCC(C#N)(NC(=O)c2cc(Br)cnc2Cl)CC1. The van der Waals surface area contributed by atoms with E-state index >= 15 is 0 Å². The average Bonchev–Trinajstić information content (AvgIpc) is 2.44. The topological polar surface area (TPSA) is 65.8 Å². The third-order valence-electron chi connectivity index (χ3n) is 3.74. The number of nitrogens with zero attached hydrogens (tertiary/aromatic N) is 2. The molecule has 0 radical (unpaired) electrons. The molecule has 1 N–H and O–H groups in total. The summed E-state index contributed by atoms with van der Waals surface area (Å²) in [7, 11) is 0. The summed E-state index contributed by atoms with van der Waals surface area (Å²) in [6, 6.07) is 3.88. The Labute approximate surface area is 131 Å². The van der Waals surface area contributed by atoms with Gasteiger partial charge in [-0.3, -0.25) is 4.79 Å². The van der Waals surface area contributed by atoms with Gasteiger partial charge >= 0.3 is 0 Å². The molecule has 0 bridgehead atoms. The van der Waals surface area contributed by atoms with Crippen LogP contribution in [0.4, 0.5) is 0 Å². The smallest absolute Gasteiger partial charge is 0.255 e. The lowest BCUT2D eigenvalue weighted by Gasteiger charge is -2.34. The second-order valence-corrected chi connectivity index (χ2v) is 6.60. The molecule has 0 saturated heterocycles. The van der Waals surface area contributed by atoms with E-state index in [1.54, 1.807) is 6.07 Å². The van der Waals surface area contributed by atoms with Gasteiger partial charge in [-0.1, -0.05) is 18.5 Å². The lowest BCUT2D eigenvalue weighted by molar-refractivity contribution is 0.0893. The van der Waals surface area contributed by atoms with Crippen LogP contribution >= 0.6 is 27.5 Å². The Bertz CT molecular complexity index is 562. The van der Waals surface area contributed by atoms with Gasteiger partial charge in [0.1, 0.15) is 10.7 Å². The number of pyridine rings is 1. The highest BCUT2D eigenvalue weighted by Crippen LogP contribution is 2.32. The summed E-state index contributed by atoms with van der Waals surface area (Å²) in [6.45, 7) is 2.16. The fraction of sp³-hybridized carbons (Fsp3) is 0.500. The Morgan fingerprint density at radius 2 is 2.25 bits per heavy atom. The molecule has 0 spiro atoms. The highest BCUT2D eigenvalue weighted by atomic mass is 79.9. The minimum absolute atomic E-state index is 0.142. The zero-order valence-corrected chi connectivity index (χ0v) is 13.5. The predicted octanol–water partition coefficient (Wildman–Crippen LogP) is 3.70. The number of aromatic nitrogens is 1. The summed E-state index contributed by atoms with van der Waals surface area (Å²) in [6.07, 6.45) is 4.77. The number of carbonyl (C=O) groups excluding carboxylic acids is 1. The van der Waals surface area contributed by atoms with Crippen molar-refractivity contribution in [2.24, 2.45) is 5.92 Å². The standard InChI is InChI=1S/C14H15BrClN3O/c1-9-2-4-14(8-17,5-3-9)19-13(20)11-6-10(15)7-18-12(11)16/h6-7,9H,2-5H2,1H3,(H,19,20). The van der Waals surface area contributed by atoms with Gasteiger partial charge < -0.3 is 5.32 Å². The van der Waals surface area contributed by atoms with Crippen LogP contribution in [0.1, 0.15) is 43.0 Å². The van der Waals surface area contributed by atoms with Crippen LogP contribution in [0.3, 0.4) is 0 Å². The van der Waals surface area contributed by atoms with Gasteiger partial charge in [-0.05, 0) is 53.6 Å². The third-order valence-corrected chi connectivity index (χ3v) is 4.48. The van der Waals surface area contributed by atoms with Gasteiger partial charge in [-0.2, -0.15) is 5.26 Å². The van der Waals surface area contributed by atoms with E-state index in [4.69, 9.17) is 11.6 Å². The van der Waals surface area contributed by atoms with Crippen molar-refractivity contribution in [2.75, 3.05) is 0 Å². The van der Waals surface area contributed by atoms with E-state index in [9.17, 15) is 10.1 Å². The fourth-order valence-electron chi connectivity index (χ4n) is 2.39. The van der Waals surface area contributed by atoms with Crippen LogP contribution in [0.25, 0.3) is 0 Å². The molecule has 4 nitrogen and oxygen atoms in total. The highest BCUT2D eigenvalue weighted by Gasteiger charge is 2.36. The van der Waals surface area contributed by atoms with Crippen molar-refractivity contribution in [3.63, 3.8) is 0 Å². The normalized spacial score (nSPS) is 25.8. The maximum absolute atomic E-state index is 12.3. The van der Waals surface area contributed by atoms with Crippen LogP contribution in [0.5, 0.6) is 0 Å². The molecule has 1 aliphatic rings. The number of halogens is 2. The van der Waals surface area contributed by atoms with Gasteiger partial charge in [0.15, 0.2) is 0 Å².